The topological polar surface area (TPSA) is 91.6 Å². The van der Waals surface area contributed by atoms with Crippen LogP contribution >= 0.6 is 0 Å². The van der Waals surface area contributed by atoms with Crippen LogP contribution in [0.5, 0.6) is 0 Å². The number of aliphatic hydroxyl groups is 1. The largest absolute Gasteiger partial charge is 0.443 e. The molecule has 2 N–H and O–H groups in total. The number of rotatable bonds is 6. The summed E-state index contributed by atoms with van der Waals surface area (Å²) in [6.45, 7) is 10.3. The molecule has 0 aromatic heterocycles. The Balaban J connectivity index is 2.68. The maximum Gasteiger partial charge on any atom is 0.407 e. The Bertz CT molecular complexity index is 456. The molecule has 1 aliphatic rings. The first kappa shape index (κ1) is 19.6. The summed E-state index contributed by atoms with van der Waals surface area (Å²) in [7, 11) is 0. The molecular weight excluding hydrogens is 296 g/mol. The van der Waals surface area contributed by atoms with Gasteiger partial charge in [-0.3, -0.25) is 0 Å². The molecule has 23 heavy (non-hydrogen) atoms. The molecule has 1 fully saturated rings. The van der Waals surface area contributed by atoms with Crippen molar-refractivity contribution in [2.24, 2.45) is 10.8 Å². The van der Waals surface area contributed by atoms with Gasteiger partial charge in [-0.05, 0) is 38.5 Å². The van der Waals surface area contributed by atoms with E-state index < -0.39 is 11.7 Å². The average molecular weight is 326 g/mol. The summed E-state index contributed by atoms with van der Waals surface area (Å²) < 4.78 is 10.4. The summed E-state index contributed by atoms with van der Waals surface area (Å²) in [5.41, 5.74) is -0.809. The van der Waals surface area contributed by atoms with Crippen LogP contribution in [-0.4, -0.2) is 36.1 Å². The minimum atomic E-state index is -0.698. The van der Waals surface area contributed by atoms with E-state index in [1.807, 2.05) is 0 Å². The zero-order chi connectivity index (χ0) is 17.7. The van der Waals surface area contributed by atoms with Gasteiger partial charge in [-0.2, -0.15) is 5.26 Å². The van der Waals surface area contributed by atoms with Crippen molar-refractivity contribution in [1.82, 2.24) is 5.32 Å². The third-order valence-corrected chi connectivity index (χ3v) is 4.33. The number of aliphatic hydroxyl groups excluding tert-OH is 1. The zero-order valence-corrected chi connectivity index (χ0v) is 14.9. The molecule has 2 atom stereocenters. The minimum Gasteiger partial charge on any atom is -0.443 e. The summed E-state index contributed by atoms with van der Waals surface area (Å²) >= 11 is 0. The van der Waals surface area contributed by atoms with Gasteiger partial charge in [-0.15, -0.1) is 0 Å². The molecule has 6 nitrogen and oxygen atoms in total. The van der Waals surface area contributed by atoms with E-state index in [-0.39, 0.29) is 23.5 Å². The molecule has 0 aromatic carbocycles. The molecule has 6 heteroatoms. The molecule has 0 saturated heterocycles. The highest BCUT2D eigenvalue weighted by atomic mass is 16.6. The summed E-state index contributed by atoms with van der Waals surface area (Å²) in [5.74, 6) is 0. The lowest BCUT2D eigenvalue weighted by molar-refractivity contribution is 0.00154. The van der Waals surface area contributed by atoms with Crippen LogP contribution in [0, 0.1) is 22.3 Å². The molecule has 0 aliphatic heterocycles. The Morgan fingerprint density at radius 3 is 2.61 bits per heavy atom. The Morgan fingerprint density at radius 1 is 1.39 bits per heavy atom. The minimum absolute atomic E-state index is 0.0246. The molecule has 2 unspecified atom stereocenters. The molecule has 132 valence electrons. The molecule has 0 aromatic rings. The summed E-state index contributed by atoms with van der Waals surface area (Å²) in [4.78, 5) is 12.1. The van der Waals surface area contributed by atoms with Crippen molar-refractivity contribution in [3.63, 3.8) is 0 Å². The van der Waals surface area contributed by atoms with E-state index in [0.717, 1.165) is 19.3 Å². The van der Waals surface area contributed by atoms with Crippen molar-refractivity contribution in [2.75, 3.05) is 13.2 Å². The van der Waals surface area contributed by atoms with E-state index in [4.69, 9.17) is 19.8 Å². The molecule has 0 radical (unpaired) electrons. The van der Waals surface area contributed by atoms with Gasteiger partial charge in [0.1, 0.15) is 12.2 Å². The number of nitrogens with one attached hydrogen (secondary N) is 1. The molecule has 1 amide bonds. The summed E-state index contributed by atoms with van der Waals surface area (Å²) in [5, 5.41) is 20.6. The van der Waals surface area contributed by atoms with Crippen molar-refractivity contribution in [3.05, 3.63) is 0 Å². The van der Waals surface area contributed by atoms with E-state index in [2.05, 4.69) is 26.1 Å². The number of carbonyl (C=O) groups is 1. The molecule has 0 heterocycles. The first-order valence-electron chi connectivity index (χ1n) is 8.12. The molecular formula is C17H30N2O4. The lowest BCUT2D eigenvalue weighted by Crippen LogP contribution is -2.49. The van der Waals surface area contributed by atoms with Crippen molar-refractivity contribution in [1.29, 1.82) is 5.26 Å². The molecule has 0 bridgehead atoms. The van der Waals surface area contributed by atoms with Gasteiger partial charge in [0, 0.05) is 24.5 Å². The number of hydrogen-bond acceptors (Lipinski definition) is 5. The maximum atomic E-state index is 12.1. The number of alkyl carbamates (subject to hydrolysis) is 1. The van der Waals surface area contributed by atoms with Gasteiger partial charge in [0.2, 0.25) is 0 Å². The smallest absolute Gasteiger partial charge is 0.407 e. The first-order chi connectivity index (χ1) is 10.5. The van der Waals surface area contributed by atoms with Crippen LogP contribution in [0.15, 0.2) is 0 Å². The van der Waals surface area contributed by atoms with Gasteiger partial charge in [0.25, 0.3) is 6.26 Å². The Labute approximate surface area is 139 Å². The van der Waals surface area contributed by atoms with E-state index >= 15 is 0 Å². The van der Waals surface area contributed by atoms with Crippen LogP contribution in [0.4, 0.5) is 4.79 Å². The van der Waals surface area contributed by atoms with E-state index in [1.165, 1.54) is 0 Å². The number of hydrogen-bond donors (Lipinski definition) is 2. The van der Waals surface area contributed by atoms with E-state index in [9.17, 15) is 4.79 Å². The predicted octanol–water partition coefficient (Wildman–Crippen LogP) is 2.96. The number of carbonyl (C=O) groups excluding carboxylic acids is 1. The van der Waals surface area contributed by atoms with Crippen LogP contribution in [0.2, 0.25) is 0 Å². The second kappa shape index (κ2) is 7.39. The fourth-order valence-corrected chi connectivity index (χ4v) is 3.82. The lowest BCUT2D eigenvalue weighted by Gasteiger charge is -2.46. The predicted molar refractivity (Wildman–Crippen MR) is 86.5 cm³/mol. The summed E-state index contributed by atoms with van der Waals surface area (Å²) in [6.07, 6.45) is 4.19. The van der Waals surface area contributed by atoms with E-state index in [1.54, 1.807) is 20.1 Å². The zero-order valence-electron chi connectivity index (χ0n) is 14.9. The van der Waals surface area contributed by atoms with Crippen LogP contribution in [-0.2, 0) is 9.47 Å². The normalized spacial score (nSPS) is 26.9. The highest BCUT2D eigenvalue weighted by Gasteiger charge is 2.42. The highest BCUT2D eigenvalue weighted by Crippen LogP contribution is 2.46. The lowest BCUT2D eigenvalue weighted by atomic mass is 9.63. The van der Waals surface area contributed by atoms with Crippen LogP contribution in [0.1, 0.15) is 60.3 Å². The standard InChI is InChI=1S/C17H30N2O4/c1-15(2)8-13(9-17(5,10-15)11-22-12-18)19-14(21)23-16(3,4)6-7-20/h13,20H,6-11H2,1-5H3,(H,19,21). The second-order valence-corrected chi connectivity index (χ2v) is 8.40. The fraction of sp³-hybridized carbons (Fsp3) is 0.882. The van der Waals surface area contributed by atoms with Crippen molar-refractivity contribution >= 4 is 6.09 Å². The van der Waals surface area contributed by atoms with Gasteiger partial charge in [0.05, 0.1) is 0 Å². The second-order valence-electron chi connectivity index (χ2n) is 8.40. The first-order valence-corrected chi connectivity index (χ1v) is 8.12. The Hall–Kier alpha value is -1.48. The van der Waals surface area contributed by atoms with Crippen molar-refractivity contribution in [2.45, 2.75) is 71.9 Å². The third kappa shape index (κ3) is 6.66. The average Bonchev–Trinajstić information content (AvgIpc) is 2.32. The number of ether oxygens (including phenoxy) is 2. The van der Waals surface area contributed by atoms with Crippen LogP contribution < -0.4 is 5.32 Å². The van der Waals surface area contributed by atoms with Gasteiger partial charge in [-0.1, -0.05) is 20.8 Å². The molecule has 1 saturated carbocycles. The fourth-order valence-electron chi connectivity index (χ4n) is 3.82. The maximum absolute atomic E-state index is 12.1. The van der Waals surface area contributed by atoms with Gasteiger partial charge < -0.3 is 19.9 Å². The third-order valence-electron chi connectivity index (χ3n) is 4.33. The Morgan fingerprint density at radius 2 is 2.04 bits per heavy atom. The van der Waals surface area contributed by atoms with Gasteiger partial charge in [-0.25, -0.2) is 4.79 Å². The number of nitriles is 1. The Kier molecular flexibility index (Phi) is 6.29. The van der Waals surface area contributed by atoms with Gasteiger partial charge in [0.15, 0.2) is 0 Å². The SMILES string of the molecule is CC1(C)CC(NC(=O)OC(C)(C)CCO)CC(C)(COC#N)C1. The van der Waals surface area contributed by atoms with Crippen LogP contribution in [0.25, 0.3) is 0 Å². The van der Waals surface area contributed by atoms with Crippen molar-refractivity contribution in [3.8, 4) is 6.26 Å². The summed E-state index contributed by atoms with van der Waals surface area (Å²) in [6, 6.07) is -0.0246. The molecule has 1 aliphatic carbocycles. The molecule has 1 rings (SSSR count). The quantitative estimate of drug-likeness (QED) is 0.732. The van der Waals surface area contributed by atoms with Gasteiger partial charge >= 0.3 is 6.09 Å². The monoisotopic (exact) mass is 326 g/mol. The number of amides is 1. The molecule has 0 spiro atoms. The highest BCUT2D eigenvalue weighted by molar-refractivity contribution is 5.68. The van der Waals surface area contributed by atoms with Crippen molar-refractivity contribution < 1.29 is 19.4 Å². The van der Waals surface area contributed by atoms with Crippen LogP contribution in [0.3, 0.4) is 0 Å². The number of nitrogens with zero attached hydrogens (tertiary/aromatic N) is 1. The van der Waals surface area contributed by atoms with E-state index in [0.29, 0.717) is 13.0 Å².